The molecule has 0 unspecified atom stereocenters. The van der Waals surface area contributed by atoms with E-state index in [-0.39, 0.29) is 11.8 Å². The summed E-state index contributed by atoms with van der Waals surface area (Å²) >= 11 is 0. The molecule has 0 fully saturated rings. The van der Waals surface area contributed by atoms with Gasteiger partial charge in [0.15, 0.2) is 0 Å². The van der Waals surface area contributed by atoms with Crippen molar-refractivity contribution in [2.45, 2.75) is 45.6 Å². The molecular weight excluding hydrogens is 310 g/mol. The number of allylic oxidation sites excluding steroid dienone is 1. The summed E-state index contributed by atoms with van der Waals surface area (Å²) in [6.45, 7) is 7.42. The molecular formula is C22H27NO2. The highest BCUT2D eigenvalue weighted by Crippen LogP contribution is 2.23. The van der Waals surface area contributed by atoms with E-state index in [2.05, 4.69) is 74.6 Å². The van der Waals surface area contributed by atoms with Crippen LogP contribution in [0.5, 0.6) is 0 Å². The van der Waals surface area contributed by atoms with E-state index < -0.39 is 5.97 Å². The second-order valence-corrected chi connectivity index (χ2v) is 7.26. The van der Waals surface area contributed by atoms with Gasteiger partial charge in [-0.05, 0) is 40.7 Å². The van der Waals surface area contributed by atoms with Crippen molar-refractivity contribution < 1.29 is 9.90 Å². The Morgan fingerprint density at radius 3 is 2.24 bits per heavy atom. The van der Waals surface area contributed by atoms with Gasteiger partial charge in [0.25, 0.3) is 0 Å². The van der Waals surface area contributed by atoms with Gasteiger partial charge < -0.3 is 10.4 Å². The number of carboxylic acid groups (broad SMARTS) is 1. The average molecular weight is 337 g/mol. The van der Waals surface area contributed by atoms with E-state index in [1.807, 2.05) is 12.2 Å². The molecule has 132 valence electrons. The van der Waals surface area contributed by atoms with Gasteiger partial charge in [0.2, 0.25) is 0 Å². The van der Waals surface area contributed by atoms with Gasteiger partial charge in [0.05, 0.1) is 0 Å². The van der Waals surface area contributed by atoms with Crippen molar-refractivity contribution in [3.05, 3.63) is 71.3 Å². The van der Waals surface area contributed by atoms with Gasteiger partial charge in [-0.3, -0.25) is 4.79 Å². The van der Waals surface area contributed by atoms with Gasteiger partial charge in [0.1, 0.15) is 0 Å². The smallest absolute Gasteiger partial charge is 0.303 e. The molecule has 0 aromatic heterocycles. The fourth-order valence-electron chi connectivity index (χ4n) is 2.47. The highest BCUT2D eigenvalue weighted by molar-refractivity contribution is 5.67. The molecule has 3 nitrogen and oxygen atoms in total. The summed E-state index contributed by atoms with van der Waals surface area (Å²) in [5.41, 5.74) is 4.92. The Balaban J connectivity index is 1.86. The third kappa shape index (κ3) is 6.46. The van der Waals surface area contributed by atoms with Gasteiger partial charge in [-0.2, -0.15) is 0 Å². The van der Waals surface area contributed by atoms with E-state index in [4.69, 9.17) is 5.11 Å². The molecule has 0 saturated carbocycles. The Morgan fingerprint density at radius 1 is 1.04 bits per heavy atom. The third-order valence-corrected chi connectivity index (χ3v) is 4.06. The molecule has 0 radical (unpaired) electrons. The van der Waals surface area contributed by atoms with Crippen molar-refractivity contribution >= 4 is 17.7 Å². The highest BCUT2D eigenvalue weighted by Gasteiger charge is 2.12. The quantitative estimate of drug-likeness (QED) is 0.704. The maximum Gasteiger partial charge on any atom is 0.303 e. The van der Waals surface area contributed by atoms with Crippen LogP contribution >= 0.6 is 0 Å². The first kappa shape index (κ1) is 18.8. The number of carboxylic acids is 1. The Kier molecular flexibility index (Phi) is 6.40. The Morgan fingerprint density at radius 2 is 1.68 bits per heavy atom. The monoisotopic (exact) mass is 337 g/mol. The lowest BCUT2D eigenvalue weighted by atomic mass is 9.87. The van der Waals surface area contributed by atoms with Crippen LogP contribution in [-0.4, -0.2) is 11.1 Å². The van der Waals surface area contributed by atoms with Crippen LogP contribution in [-0.2, 0) is 16.8 Å². The standard InChI is InChI=1S/C22H27NO2/c1-22(2,3)19-12-14-20(15-13-19)23-16-18-10-8-17(9-11-18)6-4-5-7-21(24)25/h4,6,8-15,23H,5,7,16H2,1-3H3,(H,24,25). The molecule has 0 amide bonds. The SMILES string of the molecule is CC(C)(C)c1ccc(NCc2ccc(C=CCCC(=O)O)cc2)cc1. The van der Waals surface area contributed by atoms with Crippen LogP contribution in [0.1, 0.15) is 50.3 Å². The number of carbonyl (C=O) groups is 1. The molecule has 2 rings (SSSR count). The molecule has 0 aliphatic heterocycles. The predicted molar refractivity (Wildman–Crippen MR) is 105 cm³/mol. The highest BCUT2D eigenvalue weighted by atomic mass is 16.4. The summed E-state index contributed by atoms with van der Waals surface area (Å²) in [5.74, 6) is -0.762. The lowest BCUT2D eigenvalue weighted by Gasteiger charge is -2.19. The van der Waals surface area contributed by atoms with Crippen LogP contribution in [0.2, 0.25) is 0 Å². The van der Waals surface area contributed by atoms with E-state index in [1.165, 1.54) is 11.1 Å². The summed E-state index contributed by atoms with van der Waals surface area (Å²) in [7, 11) is 0. The topological polar surface area (TPSA) is 49.3 Å². The lowest BCUT2D eigenvalue weighted by molar-refractivity contribution is -0.136. The molecule has 0 aliphatic rings. The fourth-order valence-corrected chi connectivity index (χ4v) is 2.47. The first-order valence-electron chi connectivity index (χ1n) is 8.66. The van der Waals surface area contributed by atoms with Gasteiger partial charge in [0, 0.05) is 18.7 Å². The minimum Gasteiger partial charge on any atom is -0.481 e. The van der Waals surface area contributed by atoms with Crippen molar-refractivity contribution in [2.24, 2.45) is 0 Å². The summed E-state index contributed by atoms with van der Waals surface area (Å²) < 4.78 is 0. The summed E-state index contributed by atoms with van der Waals surface area (Å²) in [4.78, 5) is 10.5. The Bertz CT molecular complexity index is 707. The molecule has 2 aromatic carbocycles. The van der Waals surface area contributed by atoms with Gasteiger partial charge >= 0.3 is 5.97 Å². The molecule has 0 atom stereocenters. The largest absolute Gasteiger partial charge is 0.481 e. The van der Waals surface area contributed by atoms with Gasteiger partial charge in [-0.15, -0.1) is 0 Å². The van der Waals surface area contributed by atoms with E-state index in [0.29, 0.717) is 6.42 Å². The molecule has 0 bridgehead atoms. The average Bonchev–Trinajstić information content (AvgIpc) is 2.57. The van der Waals surface area contributed by atoms with Crippen LogP contribution in [0.25, 0.3) is 6.08 Å². The first-order chi connectivity index (χ1) is 11.8. The predicted octanol–water partition coefficient (Wildman–Crippen LogP) is 5.47. The van der Waals surface area contributed by atoms with Crippen LogP contribution in [0.15, 0.2) is 54.6 Å². The normalized spacial score (nSPS) is 11.6. The second kappa shape index (κ2) is 8.52. The first-order valence-corrected chi connectivity index (χ1v) is 8.66. The number of anilines is 1. The van der Waals surface area contributed by atoms with Crippen molar-refractivity contribution in [3.63, 3.8) is 0 Å². The van der Waals surface area contributed by atoms with Gasteiger partial charge in [-0.25, -0.2) is 0 Å². The van der Waals surface area contributed by atoms with Crippen LogP contribution in [0.4, 0.5) is 5.69 Å². The second-order valence-electron chi connectivity index (χ2n) is 7.26. The van der Waals surface area contributed by atoms with Crippen molar-refractivity contribution in [2.75, 3.05) is 5.32 Å². The molecule has 2 N–H and O–H groups in total. The Labute approximate surface area is 150 Å². The molecule has 0 spiro atoms. The van der Waals surface area contributed by atoms with Crippen molar-refractivity contribution in [1.29, 1.82) is 0 Å². The maximum atomic E-state index is 10.5. The fraction of sp³-hybridized carbons (Fsp3) is 0.318. The number of aliphatic carboxylic acids is 1. The van der Waals surface area contributed by atoms with E-state index in [9.17, 15) is 4.79 Å². The zero-order valence-corrected chi connectivity index (χ0v) is 15.3. The lowest BCUT2D eigenvalue weighted by Crippen LogP contribution is -2.10. The number of rotatable bonds is 7. The summed E-state index contributed by atoms with van der Waals surface area (Å²) in [6, 6.07) is 16.9. The van der Waals surface area contributed by atoms with Crippen molar-refractivity contribution in [1.82, 2.24) is 0 Å². The number of nitrogens with one attached hydrogen (secondary N) is 1. The number of hydrogen-bond acceptors (Lipinski definition) is 2. The molecule has 25 heavy (non-hydrogen) atoms. The summed E-state index contributed by atoms with van der Waals surface area (Å²) in [5, 5.41) is 12.1. The summed E-state index contributed by atoms with van der Waals surface area (Å²) in [6.07, 6.45) is 4.60. The molecule has 0 heterocycles. The van der Waals surface area contributed by atoms with Crippen LogP contribution in [0, 0.1) is 0 Å². The zero-order chi connectivity index (χ0) is 18.3. The minimum atomic E-state index is -0.762. The molecule has 0 saturated heterocycles. The van der Waals surface area contributed by atoms with Gasteiger partial charge in [-0.1, -0.05) is 69.3 Å². The molecule has 3 heteroatoms. The zero-order valence-electron chi connectivity index (χ0n) is 15.3. The Hall–Kier alpha value is -2.55. The number of benzene rings is 2. The van der Waals surface area contributed by atoms with Crippen LogP contribution < -0.4 is 5.32 Å². The van der Waals surface area contributed by atoms with E-state index in [0.717, 1.165) is 17.8 Å². The van der Waals surface area contributed by atoms with Crippen LogP contribution in [0.3, 0.4) is 0 Å². The molecule has 0 aliphatic carbocycles. The maximum absolute atomic E-state index is 10.5. The van der Waals surface area contributed by atoms with E-state index in [1.54, 1.807) is 0 Å². The third-order valence-electron chi connectivity index (χ3n) is 4.06. The molecule has 2 aromatic rings. The van der Waals surface area contributed by atoms with E-state index >= 15 is 0 Å². The van der Waals surface area contributed by atoms with Crippen molar-refractivity contribution in [3.8, 4) is 0 Å². The minimum absolute atomic E-state index is 0.173. The number of hydrogen-bond donors (Lipinski definition) is 2.